The largest absolute Gasteiger partial charge is 0.390 e. The second-order valence-electron chi connectivity index (χ2n) is 7.76. The molecule has 29 heavy (non-hydrogen) atoms. The van der Waals surface area contributed by atoms with Crippen LogP contribution in [0.4, 0.5) is 10.6 Å². The van der Waals surface area contributed by atoms with E-state index >= 15 is 0 Å². The molecule has 1 atom stereocenters. The molecule has 1 saturated carbocycles. The first-order chi connectivity index (χ1) is 14.1. The van der Waals surface area contributed by atoms with E-state index in [4.69, 9.17) is 0 Å². The standard InChI is InChI=1S/C22H27N5O2/c1-15(17-9-3-2-4-10-17)24-22(29)26-20-11-18-12-23-27(13-16-7-5-6-8-16)21(18)19(14-28)25-20/h2-4,9-12,15-16,28H,5-8,13-14H2,1H3,(H2,24,25,26,29). The van der Waals surface area contributed by atoms with Crippen molar-refractivity contribution in [3.63, 3.8) is 0 Å². The Labute approximate surface area is 170 Å². The predicted molar refractivity (Wildman–Crippen MR) is 112 cm³/mol. The van der Waals surface area contributed by atoms with E-state index in [1.807, 2.05) is 41.9 Å². The number of nitrogens with zero attached hydrogens (tertiary/aromatic N) is 3. The maximum absolute atomic E-state index is 12.4. The highest BCUT2D eigenvalue weighted by atomic mass is 16.3. The number of nitrogens with one attached hydrogen (secondary N) is 2. The van der Waals surface area contributed by atoms with E-state index in [0.29, 0.717) is 17.4 Å². The maximum Gasteiger partial charge on any atom is 0.320 e. The number of amides is 2. The van der Waals surface area contributed by atoms with Crippen molar-refractivity contribution in [1.29, 1.82) is 0 Å². The van der Waals surface area contributed by atoms with Gasteiger partial charge in [0.05, 0.1) is 30.1 Å². The van der Waals surface area contributed by atoms with Gasteiger partial charge in [-0.05, 0) is 37.3 Å². The molecule has 0 radical (unpaired) electrons. The summed E-state index contributed by atoms with van der Waals surface area (Å²) in [5.41, 5.74) is 2.41. The molecule has 1 aliphatic carbocycles. The van der Waals surface area contributed by atoms with E-state index in [-0.39, 0.29) is 18.7 Å². The quantitative estimate of drug-likeness (QED) is 0.590. The number of hydrogen-bond acceptors (Lipinski definition) is 4. The molecule has 4 rings (SSSR count). The zero-order valence-corrected chi connectivity index (χ0v) is 16.6. The highest BCUT2D eigenvalue weighted by molar-refractivity contribution is 5.92. The zero-order chi connectivity index (χ0) is 20.2. The molecular formula is C22H27N5O2. The lowest BCUT2D eigenvalue weighted by molar-refractivity contribution is 0.249. The van der Waals surface area contributed by atoms with Gasteiger partial charge in [0.25, 0.3) is 0 Å². The Balaban J connectivity index is 1.50. The summed E-state index contributed by atoms with van der Waals surface area (Å²) in [5.74, 6) is 1.03. The third-order valence-corrected chi connectivity index (χ3v) is 5.63. The van der Waals surface area contributed by atoms with E-state index in [1.165, 1.54) is 25.7 Å². The van der Waals surface area contributed by atoms with Gasteiger partial charge in [0.1, 0.15) is 5.82 Å². The van der Waals surface area contributed by atoms with Gasteiger partial charge in [-0.15, -0.1) is 0 Å². The predicted octanol–water partition coefficient (Wildman–Crippen LogP) is 4.00. The number of fused-ring (bicyclic) bond motifs is 1. The number of rotatable bonds is 6. The van der Waals surface area contributed by atoms with Gasteiger partial charge in [-0.2, -0.15) is 5.10 Å². The van der Waals surface area contributed by atoms with Crippen molar-refractivity contribution in [2.45, 2.75) is 51.8 Å². The Hall–Kier alpha value is -2.93. The topological polar surface area (TPSA) is 92.1 Å². The van der Waals surface area contributed by atoms with Crippen LogP contribution in [0.5, 0.6) is 0 Å². The number of aromatic nitrogens is 3. The van der Waals surface area contributed by atoms with Crippen LogP contribution in [0.15, 0.2) is 42.6 Å². The number of pyridine rings is 1. The summed E-state index contributed by atoms with van der Waals surface area (Å²) < 4.78 is 1.95. The van der Waals surface area contributed by atoms with E-state index < -0.39 is 0 Å². The minimum absolute atomic E-state index is 0.133. The molecule has 7 nitrogen and oxygen atoms in total. The SMILES string of the molecule is CC(NC(=O)Nc1cc2cnn(CC3CCCC3)c2c(CO)n1)c1ccccc1. The Morgan fingerprint density at radius 3 is 2.76 bits per heavy atom. The minimum atomic E-state index is -0.338. The van der Waals surface area contributed by atoms with Crippen LogP contribution >= 0.6 is 0 Å². The number of aliphatic hydroxyl groups excluding tert-OH is 1. The van der Waals surface area contributed by atoms with Crippen LogP contribution in [0, 0.1) is 5.92 Å². The van der Waals surface area contributed by atoms with Gasteiger partial charge in [-0.3, -0.25) is 10.00 Å². The number of hydrogen-bond donors (Lipinski definition) is 3. The van der Waals surface area contributed by atoms with Crippen molar-refractivity contribution in [3.05, 3.63) is 53.9 Å². The number of urea groups is 1. The molecule has 0 saturated heterocycles. The van der Waals surface area contributed by atoms with Gasteiger partial charge >= 0.3 is 6.03 Å². The lowest BCUT2D eigenvalue weighted by Gasteiger charge is -2.15. The van der Waals surface area contributed by atoms with Gasteiger partial charge in [0, 0.05) is 11.9 Å². The number of carbonyl (C=O) groups is 1. The molecule has 1 aliphatic rings. The third kappa shape index (κ3) is 4.40. The summed E-state index contributed by atoms with van der Waals surface area (Å²) in [4.78, 5) is 16.9. The molecular weight excluding hydrogens is 366 g/mol. The Kier molecular flexibility index (Phi) is 5.76. The van der Waals surface area contributed by atoms with Crippen molar-refractivity contribution in [2.75, 3.05) is 5.32 Å². The third-order valence-electron chi connectivity index (χ3n) is 5.63. The van der Waals surface area contributed by atoms with Crippen LogP contribution in [0.1, 0.15) is 49.9 Å². The first kappa shape index (κ1) is 19.4. The molecule has 1 aromatic carbocycles. The van der Waals surface area contributed by atoms with Gasteiger partial charge < -0.3 is 10.4 Å². The Bertz CT molecular complexity index is 980. The number of aliphatic hydroxyl groups is 1. The first-order valence-electron chi connectivity index (χ1n) is 10.2. The number of anilines is 1. The van der Waals surface area contributed by atoms with E-state index in [0.717, 1.165) is 23.0 Å². The van der Waals surface area contributed by atoms with Crippen molar-refractivity contribution in [3.8, 4) is 0 Å². The minimum Gasteiger partial charge on any atom is -0.390 e. The van der Waals surface area contributed by atoms with Crippen molar-refractivity contribution in [2.24, 2.45) is 5.92 Å². The molecule has 0 spiro atoms. The van der Waals surface area contributed by atoms with Crippen molar-refractivity contribution in [1.82, 2.24) is 20.1 Å². The van der Waals surface area contributed by atoms with E-state index in [2.05, 4.69) is 20.7 Å². The van der Waals surface area contributed by atoms with Gasteiger partial charge in [0.2, 0.25) is 0 Å². The highest BCUT2D eigenvalue weighted by Crippen LogP contribution is 2.28. The van der Waals surface area contributed by atoms with Gasteiger partial charge in [-0.1, -0.05) is 43.2 Å². The molecule has 2 aromatic heterocycles. The second-order valence-corrected chi connectivity index (χ2v) is 7.76. The molecule has 2 heterocycles. The van der Waals surface area contributed by atoms with Crippen LogP contribution < -0.4 is 10.6 Å². The fourth-order valence-electron chi connectivity index (χ4n) is 4.12. The Morgan fingerprint density at radius 1 is 1.28 bits per heavy atom. The summed E-state index contributed by atoms with van der Waals surface area (Å²) in [6.45, 7) is 2.57. The molecule has 1 fully saturated rings. The van der Waals surface area contributed by atoms with Crippen molar-refractivity contribution < 1.29 is 9.90 Å². The molecule has 152 valence electrons. The van der Waals surface area contributed by atoms with E-state index in [1.54, 1.807) is 12.3 Å². The molecule has 3 aromatic rings. The molecule has 7 heteroatoms. The van der Waals surface area contributed by atoms with Crippen LogP contribution in [0.3, 0.4) is 0 Å². The monoisotopic (exact) mass is 393 g/mol. The fourth-order valence-corrected chi connectivity index (χ4v) is 4.12. The molecule has 0 bridgehead atoms. The summed E-state index contributed by atoms with van der Waals surface area (Å²) in [7, 11) is 0. The maximum atomic E-state index is 12.4. The highest BCUT2D eigenvalue weighted by Gasteiger charge is 2.19. The van der Waals surface area contributed by atoms with Crippen LogP contribution in [0.25, 0.3) is 10.9 Å². The second kappa shape index (κ2) is 8.61. The number of benzene rings is 1. The van der Waals surface area contributed by atoms with Gasteiger partial charge in [0.15, 0.2) is 0 Å². The number of carbonyl (C=O) groups excluding carboxylic acids is 1. The summed E-state index contributed by atoms with van der Waals surface area (Å²) in [6, 6.07) is 11.1. The average Bonchev–Trinajstić information content (AvgIpc) is 3.38. The summed E-state index contributed by atoms with van der Waals surface area (Å²) in [6.07, 6.45) is 6.78. The van der Waals surface area contributed by atoms with Crippen LogP contribution in [0.2, 0.25) is 0 Å². The van der Waals surface area contributed by atoms with Crippen LogP contribution in [-0.2, 0) is 13.2 Å². The molecule has 0 aliphatic heterocycles. The summed E-state index contributed by atoms with van der Waals surface area (Å²) in [5, 5.41) is 20.9. The molecule has 1 unspecified atom stereocenters. The Morgan fingerprint density at radius 2 is 2.03 bits per heavy atom. The molecule has 2 amide bonds. The first-order valence-corrected chi connectivity index (χ1v) is 10.2. The van der Waals surface area contributed by atoms with Crippen molar-refractivity contribution >= 4 is 22.8 Å². The summed E-state index contributed by atoms with van der Waals surface area (Å²) >= 11 is 0. The van der Waals surface area contributed by atoms with E-state index in [9.17, 15) is 9.90 Å². The fraction of sp³-hybridized carbons (Fsp3) is 0.409. The lowest BCUT2D eigenvalue weighted by Crippen LogP contribution is -2.31. The zero-order valence-electron chi connectivity index (χ0n) is 16.6. The van der Waals surface area contributed by atoms with Crippen LogP contribution in [-0.4, -0.2) is 25.9 Å². The lowest BCUT2D eigenvalue weighted by atomic mass is 10.1. The normalized spacial score (nSPS) is 15.5. The van der Waals surface area contributed by atoms with Gasteiger partial charge in [-0.25, -0.2) is 9.78 Å². The molecule has 3 N–H and O–H groups in total. The average molecular weight is 393 g/mol. The smallest absolute Gasteiger partial charge is 0.320 e.